The molecule has 1 fully saturated rings. The summed E-state index contributed by atoms with van der Waals surface area (Å²) in [4.78, 5) is 6.90. The van der Waals surface area contributed by atoms with Gasteiger partial charge in [-0.25, -0.2) is 4.39 Å². The first kappa shape index (κ1) is 20.5. The zero-order valence-corrected chi connectivity index (χ0v) is 18.6. The minimum atomic E-state index is -0.231. The molecule has 0 spiro atoms. The largest absolute Gasteiger partial charge is 0.352 e. The van der Waals surface area contributed by atoms with E-state index in [2.05, 4.69) is 53.5 Å². The molecule has 6 heteroatoms. The van der Waals surface area contributed by atoms with E-state index >= 15 is 0 Å². The van der Waals surface area contributed by atoms with Crippen LogP contribution in [-0.4, -0.2) is 26.1 Å². The highest BCUT2D eigenvalue weighted by molar-refractivity contribution is 7.80. The number of thiocarbonyl (C=S) groups is 1. The lowest BCUT2D eigenvalue weighted by atomic mass is 9.96. The van der Waals surface area contributed by atoms with Gasteiger partial charge in [0.05, 0.1) is 17.8 Å². The summed E-state index contributed by atoms with van der Waals surface area (Å²) < 4.78 is 15.6. The third-order valence-corrected chi connectivity index (χ3v) is 5.99. The maximum absolute atomic E-state index is 13.5. The first-order valence-electron chi connectivity index (χ1n) is 10.3. The van der Waals surface area contributed by atoms with Gasteiger partial charge in [0.15, 0.2) is 5.11 Å². The lowest BCUT2D eigenvalue weighted by Crippen LogP contribution is -2.33. The Hall–Kier alpha value is -2.73. The molecule has 0 radical (unpaired) electrons. The van der Waals surface area contributed by atoms with Crippen LogP contribution in [0.4, 0.5) is 4.39 Å². The number of aromatic nitrogens is 2. The molecule has 4 nitrogen and oxygen atoms in total. The van der Waals surface area contributed by atoms with E-state index in [-0.39, 0.29) is 17.9 Å². The average Bonchev–Trinajstić information content (AvgIpc) is 3.19. The van der Waals surface area contributed by atoms with Crippen molar-refractivity contribution in [3.8, 4) is 5.69 Å². The van der Waals surface area contributed by atoms with Gasteiger partial charge in [0.1, 0.15) is 5.82 Å². The molecule has 156 valence electrons. The van der Waals surface area contributed by atoms with Crippen LogP contribution in [0, 0.1) is 25.6 Å². The summed E-state index contributed by atoms with van der Waals surface area (Å²) in [6.45, 7) is 9.48. The molecule has 0 saturated carbocycles. The van der Waals surface area contributed by atoms with Crippen molar-refractivity contribution in [2.24, 2.45) is 5.92 Å². The van der Waals surface area contributed by atoms with Gasteiger partial charge in [-0.2, -0.15) is 0 Å². The first-order chi connectivity index (χ1) is 14.4. The van der Waals surface area contributed by atoms with Gasteiger partial charge in [-0.15, -0.1) is 0 Å². The van der Waals surface area contributed by atoms with Crippen LogP contribution in [0.5, 0.6) is 0 Å². The molecule has 0 amide bonds. The van der Waals surface area contributed by atoms with Gasteiger partial charge in [-0.1, -0.05) is 19.9 Å². The second-order valence-electron chi connectivity index (χ2n) is 8.31. The SMILES string of the molecule is Cc1cc([C@H]2[C@H](c3ccccn3)NC(=S)N2CC(C)C)c(C)n1-c1ccc(F)cc1. The maximum atomic E-state index is 13.5. The zero-order valence-electron chi connectivity index (χ0n) is 17.8. The second kappa shape index (κ2) is 8.19. The number of nitrogens with zero attached hydrogens (tertiary/aromatic N) is 3. The minimum Gasteiger partial charge on any atom is -0.352 e. The molecule has 1 saturated heterocycles. The molecule has 3 heterocycles. The number of nitrogens with one attached hydrogen (secondary N) is 1. The highest BCUT2D eigenvalue weighted by atomic mass is 32.1. The Kier molecular flexibility index (Phi) is 5.60. The van der Waals surface area contributed by atoms with Crippen LogP contribution in [0.3, 0.4) is 0 Å². The van der Waals surface area contributed by atoms with Crippen molar-refractivity contribution in [3.05, 3.63) is 83.2 Å². The maximum Gasteiger partial charge on any atom is 0.170 e. The third kappa shape index (κ3) is 3.72. The summed E-state index contributed by atoms with van der Waals surface area (Å²) in [6, 6.07) is 14.9. The number of hydrogen-bond acceptors (Lipinski definition) is 2. The fraction of sp³-hybridized carbons (Fsp3) is 0.333. The van der Waals surface area contributed by atoms with Gasteiger partial charge in [-0.3, -0.25) is 4.98 Å². The van der Waals surface area contributed by atoms with Crippen molar-refractivity contribution < 1.29 is 4.39 Å². The van der Waals surface area contributed by atoms with Gasteiger partial charge < -0.3 is 14.8 Å². The van der Waals surface area contributed by atoms with E-state index in [1.165, 1.54) is 17.7 Å². The standard InChI is InChI=1S/C24H27FN4S/c1-15(2)14-28-23(22(27-24(28)30)21-7-5-6-12-26-21)20-13-16(3)29(17(20)4)19-10-8-18(25)9-11-19/h5-13,15,22-23H,14H2,1-4H3,(H,27,30)/t22-,23-/m0/s1. The molecule has 3 aromatic rings. The smallest absolute Gasteiger partial charge is 0.170 e. The summed E-state index contributed by atoms with van der Waals surface area (Å²) in [7, 11) is 0. The number of aryl methyl sites for hydroxylation is 1. The van der Waals surface area contributed by atoms with Crippen LogP contribution >= 0.6 is 12.2 Å². The molecule has 0 aliphatic carbocycles. The van der Waals surface area contributed by atoms with E-state index < -0.39 is 0 Å². The monoisotopic (exact) mass is 422 g/mol. The van der Waals surface area contributed by atoms with Crippen molar-refractivity contribution in [1.29, 1.82) is 0 Å². The summed E-state index contributed by atoms with van der Waals surface area (Å²) in [5.41, 5.74) is 5.38. The predicted octanol–water partition coefficient (Wildman–Crippen LogP) is 5.26. The van der Waals surface area contributed by atoms with Gasteiger partial charge in [0.2, 0.25) is 0 Å². The van der Waals surface area contributed by atoms with E-state index in [0.29, 0.717) is 5.92 Å². The average molecular weight is 423 g/mol. The molecule has 2 aromatic heterocycles. The van der Waals surface area contributed by atoms with Gasteiger partial charge in [-0.05, 0) is 80.0 Å². The molecule has 0 unspecified atom stereocenters. The highest BCUT2D eigenvalue weighted by Crippen LogP contribution is 2.41. The van der Waals surface area contributed by atoms with Crippen molar-refractivity contribution in [1.82, 2.24) is 19.8 Å². The van der Waals surface area contributed by atoms with Crippen molar-refractivity contribution >= 4 is 17.3 Å². The van der Waals surface area contributed by atoms with Crippen molar-refractivity contribution in [3.63, 3.8) is 0 Å². The van der Waals surface area contributed by atoms with E-state index in [0.717, 1.165) is 34.4 Å². The number of hydrogen-bond donors (Lipinski definition) is 1. The number of rotatable bonds is 5. The van der Waals surface area contributed by atoms with E-state index in [1.54, 1.807) is 0 Å². The van der Waals surface area contributed by atoms with E-state index in [4.69, 9.17) is 12.2 Å². The Morgan fingerprint density at radius 1 is 1.13 bits per heavy atom. The molecule has 4 rings (SSSR count). The molecule has 1 N–H and O–H groups in total. The quantitative estimate of drug-likeness (QED) is 0.569. The van der Waals surface area contributed by atoms with Crippen molar-refractivity contribution in [2.75, 3.05) is 6.54 Å². The van der Waals surface area contributed by atoms with Crippen LogP contribution in [0.2, 0.25) is 0 Å². The van der Waals surface area contributed by atoms with Crippen LogP contribution in [0.1, 0.15) is 48.6 Å². The number of halogens is 1. The summed E-state index contributed by atoms with van der Waals surface area (Å²) in [6.07, 6.45) is 1.82. The molecule has 2 atom stereocenters. The summed E-state index contributed by atoms with van der Waals surface area (Å²) >= 11 is 5.74. The predicted molar refractivity (Wildman–Crippen MR) is 122 cm³/mol. The lowest BCUT2D eigenvalue weighted by molar-refractivity contribution is 0.287. The Morgan fingerprint density at radius 3 is 2.50 bits per heavy atom. The van der Waals surface area contributed by atoms with Crippen LogP contribution < -0.4 is 5.32 Å². The first-order valence-corrected chi connectivity index (χ1v) is 10.7. The third-order valence-electron chi connectivity index (χ3n) is 5.63. The fourth-order valence-corrected chi connectivity index (χ4v) is 4.72. The number of benzene rings is 1. The van der Waals surface area contributed by atoms with Gasteiger partial charge >= 0.3 is 0 Å². The normalized spacial score (nSPS) is 18.9. The zero-order chi connectivity index (χ0) is 21.4. The molecule has 0 bridgehead atoms. The molecule has 1 aliphatic rings. The van der Waals surface area contributed by atoms with Crippen molar-refractivity contribution in [2.45, 2.75) is 39.8 Å². The molecular weight excluding hydrogens is 395 g/mol. The Labute approximate surface area is 182 Å². The lowest BCUT2D eigenvalue weighted by Gasteiger charge is -2.29. The molecule has 1 aromatic carbocycles. The topological polar surface area (TPSA) is 33.1 Å². The molecular formula is C24H27FN4S. The Bertz CT molecular complexity index is 1040. The number of pyridine rings is 1. The van der Waals surface area contributed by atoms with Crippen LogP contribution in [0.25, 0.3) is 5.69 Å². The Morgan fingerprint density at radius 2 is 1.87 bits per heavy atom. The molecule has 30 heavy (non-hydrogen) atoms. The summed E-state index contributed by atoms with van der Waals surface area (Å²) in [5, 5.41) is 4.27. The fourth-order valence-electron chi connectivity index (χ4n) is 4.41. The summed E-state index contributed by atoms with van der Waals surface area (Å²) in [5.74, 6) is 0.237. The highest BCUT2D eigenvalue weighted by Gasteiger charge is 2.41. The molecule has 1 aliphatic heterocycles. The second-order valence-corrected chi connectivity index (χ2v) is 8.70. The minimum absolute atomic E-state index is 0.0281. The van der Waals surface area contributed by atoms with Crippen LogP contribution in [-0.2, 0) is 0 Å². The van der Waals surface area contributed by atoms with Gasteiger partial charge in [0, 0.05) is 29.8 Å². The van der Waals surface area contributed by atoms with Gasteiger partial charge in [0.25, 0.3) is 0 Å². The Balaban J connectivity index is 1.83. The van der Waals surface area contributed by atoms with E-state index in [1.807, 2.05) is 36.5 Å². The van der Waals surface area contributed by atoms with Crippen LogP contribution in [0.15, 0.2) is 54.7 Å². The van der Waals surface area contributed by atoms with E-state index in [9.17, 15) is 4.39 Å².